The third kappa shape index (κ3) is 4.80. The normalized spacial score (nSPS) is 18.6. The molecule has 162 valence electrons. The number of halogens is 1. The lowest BCUT2D eigenvalue weighted by Gasteiger charge is -2.27. The van der Waals surface area contributed by atoms with Gasteiger partial charge in [-0.15, -0.1) is 0 Å². The van der Waals surface area contributed by atoms with Crippen LogP contribution in [-0.4, -0.2) is 37.1 Å². The van der Waals surface area contributed by atoms with Gasteiger partial charge in [-0.2, -0.15) is 4.58 Å². The molecule has 0 radical (unpaired) electrons. The molecule has 2 aliphatic rings. The van der Waals surface area contributed by atoms with E-state index in [4.69, 9.17) is 15.2 Å². The minimum atomic E-state index is -0.288. The van der Waals surface area contributed by atoms with Crippen LogP contribution in [0.1, 0.15) is 23.1 Å². The number of nitrogens with two attached hydrogens (primary N) is 1. The zero-order chi connectivity index (χ0) is 22.0. The first kappa shape index (κ1) is 21.1. The molecule has 1 unspecified atom stereocenters. The molecule has 4 rings (SSSR count). The van der Waals surface area contributed by atoms with Crippen molar-refractivity contribution >= 4 is 11.9 Å². The van der Waals surface area contributed by atoms with Crippen LogP contribution in [0.5, 0.6) is 5.75 Å². The van der Waals surface area contributed by atoms with Crippen molar-refractivity contribution in [2.45, 2.75) is 32.3 Å². The highest BCUT2D eigenvalue weighted by Crippen LogP contribution is 2.33. The SMILES string of the molecule is C=C(Nc1cc(C)cc(F)c1)/C(OC1CCc2cccc(OC)c2C1)=C1C=[N+]\1CCN. The Balaban J connectivity index is 1.55. The van der Waals surface area contributed by atoms with Crippen LogP contribution in [0.15, 0.2) is 60.1 Å². The van der Waals surface area contributed by atoms with Crippen LogP contribution in [0, 0.1) is 12.7 Å². The second kappa shape index (κ2) is 8.94. The summed E-state index contributed by atoms with van der Waals surface area (Å²) < 4.78 is 28.0. The van der Waals surface area contributed by atoms with Gasteiger partial charge in [0.05, 0.1) is 19.4 Å². The molecule has 1 aliphatic carbocycles. The summed E-state index contributed by atoms with van der Waals surface area (Å²) in [4.78, 5) is 0. The van der Waals surface area contributed by atoms with Crippen LogP contribution in [-0.2, 0) is 17.6 Å². The molecule has 6 heteroatoms. The summed E-state index contributed by atoms with van der Waals surface area (Å²) in [5.41, 5.74) is 11.3. The fraction of sp³-hybridized carbons (Fsp3) is 0.320. The van der Waals surface area contributed by atoms with Gasteiger partial charge in [0, 0.05) is 17.7 Å². The first-order valence-corrected chi connectivity index (χ1v) is 10.6. The van der Waals surface area contributed by atoms with Crippen LogP contribution in [0.25, 0.3) is 0 Å². The van der Waals surface area contributed by atoms with Crippen LogP contribution in [0.3, 0.4) is 0 Å². The third-order valence-electron chi connectivity index (χ3n) is 5.64. The maximum atomic E-state index is 13.8. The van der Waals surface area contributed by atoms with Gasteiger partial charge < -0.3 is 20.5 Å². The van der Waals surface area contributed by atoms with Gasteiger partial charge in [-0.1, -0.05) is 18.7 Å². The molecule has 0 saturated heterocycles. The second-order valence-corrected chi connectivity index (χ2v) is 8.03. The van der Waals surface area contributed by atoms with E-state index in [1.54, 1.807) is 7.11 Å². The number of anilines is 1. The molecule has 1 heterocycles. The lowest BCUT2D eigenvalue weighted by atomic mass is 9.89. The quantitative estimate of drug-likeness (QED) is 0.500. The number of rotatable bonds is 8. The highest BCUT2D eigenvalue weighted by atomic mass is 19.1. The van der Waals surface area contributed by atoms with Gasteiger partial charge in [0.25, 0.3) is 0 Å². The molecular weight excluding hydrogens is 393 g/mol. The van der Waals surface area contributed by atoms with E-state index in [0.29, 0.717) is 23.7 Å². The molecule has 1 atom stereocenters. The van der Waals surface area contributed by atoms with Crippen molar-refractivity contribution in [3.05, 3.63) is 82.6 Å². The number of benzene rings is 2. The number of nitrogens with one attached hydrogen (secondary N) is 1. The predicted octanol–water partition coefficient (Wildman–Crippen LogP) is 3.91. The van der Waals surface area contributed by atoms with E-state index in [1.165, 1.54) is 23.3 Å². The minimum absolute atomic E-state index is 0.00665. The topological polar surface area (TPSA) is 59.5 Å². The summed E-state index contributed by atoms with van der Waals surface area (Å²) in [6.07, 6.45) is 4.59. The summed E-state index contributed by atoms with van der Waals surface area (Å²) in [6.45, 7) is 7.31. The van der Waals surface area contributed by atoms with Gasteiger partial charge in [-0.3, -0.25) is 0 Å². The zero-order valence-electron chi connectivity index (χ0n) is 18.1. The summed E-state index contributed by atoms with van der Waals surface area (Å²) >= 11 is 0. The van der Waals surface area contributed by atoms with E-state index in [0.717, 1.165) is 42.8 Å². The molecule has 1 aliphatic heterocycles. The Morgan fingerprint density at radius 2 is 2.16 bits per heavy atom. The fourth-order valence-corrected chi connectivity index (χ4v) is 4.14. The van der Waals surface area contributed by atoms with Crippen molar-refractivity contribution in [1.82, 2.24) is 0 Å². The molecule has 0 saturated carbocycles. The Kier molecular flexibility index (Phi) is 6.09. The largest absolute Gasteiger partial charge is 0.496 e. The van der Waals surface area contributed by atoms with Crippen molar-refractivity contribution in [3.8, 4) is 5.75 Å². The molecule has 2 aromatic rings. The summed E-state index contributed by atoms with van der Waals surface area (Å²) in [5.74, 6) is 1.29. The summed E-state index contributed by atoms with van der Waals surface area (Å²) in [7, 11) is 1.70. The lowest BCUT2D eigenvalue weighted by molar-refractivity contribution is -0.402. The monoisotopic (exact) mass is 422 g/mol. The Bertz CT molecular complexity index is 1040. The smallest absolute Gasteiger partial charge is 0.314 e. The summed E-state index contributed by atoms with van der Waals surface area (Å²) in [6, 6.07) is 11.0. The van der Waals surface area contributed by atoms with Gasteiger partial charge >= 0.3 is 5.70 Å². The average molecular weight is 423 g/mol. The molecule has 0 spiro atoms. The fourth-order valence-electron chi connectivity index (χ4n) is 4.14. The highest BCUT2D eigenvalue weighted by molar-refractivity contribution is 5.83. The van der Waals surface area contributed by atoms with Gasteiger partial charge in [0.2, 0.25) is 12.0 Å². The van der Waals surface area contributed by atoms with E-state index < -0.39 is 0 Å². The molecule has 5 nitrogen and oxygen atoms in total. The van der Waals surface area contributed by atoms with Crippen molar-refractivity contribution in [2.75, 3.05) is 25.5 Å². The minimum Gasteiger partial charge on any atom is -0.496 e. The molecule has 0 fully saturated rings. The first-order chi connectivity index (χ1) is 15.0. The van der Waals surface area contributed by atoms with Crippen LogP contribution < -0.4 is 15.8 Å². The number of aryl methyl sites for hydroxylation is 2. The average Bonchev–Trinajstić information content (AvgIpc) is 3.49. The van der Waals surface area contributed by atoms with E-state index in [9.17, 15) is 4.39 Å². The number of methoxy groups -OCH3 is 1. The maximum Gasteiger partial charge on any atom is 0.314 e. The van der Waals surface area contributed by atoms with Crippen LogP contribution >= 0.6 is 0 Å². The number of nitrogens with zero attached hydrogens (tertiary/aromatic N) is 1. The van der Waals surface area contributed by atoms with E-state index >= 15 is 0 Å². The summed E-state index contributed by atoms with van der Waals surface area (Å²) in [5, 5.41) is 3.22. The molecule has 0 bridgehead atoms. The molecule has 0 amide bonds. The Hall–Kier alpha value is -3.12. The van der Waals surface area contributed by atoms with E-state index in [2.05, 4.69) is 22.5 Å². The van der Waals surface area contributed by atoms with E-state index in [-0.39, 0.29) is 11.9 Å². The van der Waals surface area contributed by atoms with Crippen molar-refractivity contribution in [3.63, 3.8) is 0 Å². The standard InChI is InChI=1S/C25H29FN3O2/c1-16-11-19(26)13-20(12-16)28-17(2)25(23-15-29(23)10-9-27)31-21-8-7-18-5-4-6-24(30-3)22(18)14-21/h4-6,11-13,15,21,28H,2,7-10,14,27H2,1,3H3/q+1/b25-23-. The van der Waals surface area contributed by atoms with Crippen molar-refractivity contribution in [2.24, 2.45) is 5.73 Å². The molecule has 3 N–H and O–H groups in total. The number of hydrogen-bond acceptors (Lipinski definition) is 4. The molecule has 31 heavy (non-hydrogen) atoms. The third-order valence-corrected chi connectivity index (χ3v) is 5.64. The second-order valence-electron chi connectivity index (χ2n) is 8.03. The van der Waals surface area contributed by atoms with Crippen LogP contribution in [0.2, 0.25) is 0 Å². The van der Waals surface area contributed by atoms with Crippen molar-refractivity contribution < 1.29 is 18.4 Å². The molecular formula is C25H29FN3O2+. The van der Waals surface area contributed by atoms with E-state index in [1.807, 2.05) is 31.3 Å². The Morgan fingerprint density at radius 1 is 1.32 bits per heavy atom. The first-order valence-electron chi connectivity index (χ1n) is 10.6. The lowest BCUT2D eigenvalue weighted by Crippen LogP contribution is -2.24. The van der Waals surface area contributed by atoms with Gasteiger partial charge in [-0.05, 0) is 55.2 Å². The molecule has 0 aromatic heterocycles. The van der Waals surface area contributed by atoms with Crippen molar-refractivity contribution in [1.29, 1.82) is 0 Å². The number of fused-ring (bicyclic) bond motifs is 1. The number of allylic oxidation sites excluding steroid dienone is 1. The highest BCUT2D eigenvalue weighted by Gasteiger charge is 2.37. The van der Waals surface area contributed by atoms with Gasteiger partial charge in [0.1, 0.15) is 17.7 Å². The zero-order valence-corrected chi connectivity index (χ0v) is 18.1. The Morgan fingerprint density at radius 3 is 2.90 bits per heavy atom. The predicted molar refractivity (Wildman–Crippen MR) is 121 cm³/mol. The van der Waals surface area contributed by atoms with Crippen LogP contribution in [0.4, 0.5) is 10.1 Å². The molecule has 2 aromatic carbocycles. The number of ether oxygens (including phenoxy) is 2. The number of hydrogen-bond donors (Lipinski definition) is 2. The van der Waals surface area contributed by atoms with Gasteiger partial charge in [0.15, 0.2) is 6.54 Å². The maximum absolute atomic E-state index is 13.8. The Labute approximate surface area is 182 Å². The van der Waals surface area contributed by atoms with Gasteiger partial charge in [-0.25, -0.2) is 4.39 Å².